The van der Waals surface area contributed by atoms with Crippen molar-refractivity contribution in [3.05, 3.63) is 59.7 Å². The molecule has 6 nitrogen and oxygen atoms in total. The lowest BCUT2D eigenvalue weighted by Gasteiger charge is -2.36. The van der Waals surface area contributed by atoms with Gasteiger partial charge in [0.05, 0.1) is 23.9 Å². The molecule has 1 aliphatic rings. The molecule has 10 heteroatoms. The number of anilines is 2. The molecule has 0 spiro atoms. The second kappa shape index (κ2) is 8.55. The van der Waals surface area contributed by atoms with Crippen molar-refractivity contribution in [3.63, 3.8) is 0 Å². The van der Waals surface area contributed by atoms with E-state index in [2.05, 4.69) is 4.72 Å². The zero-order chi connectivity index (χ0) is 21.9. The fourth-order valence-corrected chi connectivity index (χ4v) is 3.94. The molecule has 0 aromatic heterocycles. The van der Waals surface area contributed by atoms with Crippen LogP contribution in [-0.2, 0) is 27.4 Å². The van der Waals surface area contributed by atoms with Gasteiger partial charge in [-0.05, 0) is 29.8 Å². The molecule has 162 valence electrons. The number of amides is 1. The van der Waals surface area contributed by atoms with Gasteiger partial charge in [-0.2, -0.15) is 13.2 Å². The Balaban J connectivity index is 1.63. The number of carbonyl (C=O) groups excluding carboxylic acids is 1. The van der Waals surface area contributed by atoms with Crippen LogP contribution in [0.3, 0.4) is 0 Å². The molecule has 0 radical (unpaired) electrons. The molecule has 1 N–H and O–H groups in total. The lowest BCUT2D eigenvalue weighted by molar-refractivity contribution is -0.137. The summed E-state index contributed by atoms with van der Waals surface area (Å²) >= 11 is 0. The van der Waals surface area contributed by atoms with Gasteiger partial charge >= 0.3 is 6.18 Å². The average molecular weight is 441 g/mol. The Labute approximate surface area is 173 Å². The van der Waals surface area contributed by atoms with Gasteiger partial charge in [-0.15, -0.1) is 0 Å². The Morgan fingerprint density at radius 3 is 2.33 bits per heavy atom. The number of para-hydroxylation sites is 1. The van der Waals surface area contributed by atoms with E-state index in [1.807, 2.05) is 4.90 Å². The van der Waals surface area contributed by atoms with E-state index in [9.17, 15) is 26.4 Å². The van der Waals surface area contributed by atoms with E-state index in [-0.39, 0.29) is 12.3 Å². The third-order valence-electron chi connectivity index (χ3n) is 4.83. The van der Waals surface area contributed by atoms with Crippen molar-refractivity contribution in [2.75, 3.05) is 42.1 Å². The number of benzene rings is 2. The monoisotopic (exact) mass is 441 g/mol. The Kier molecular flexibility index (Phi) is 6.25. The van der Waals surface area contributed by atoms with E-state index in [0.29, 0.717) is 43.1 Å². The SMILES string of the molecule is CS(=O)(=O)Nc1ccccc1CC(=O)N1CCN(c2cccc(C(F)(F)F)c2)CC1. The summed E-state index contributed by atoms with van der Waals surface area (Å²) in [5, 5.41) is 0. The van der Waals surface area contributed by atoms with E-state index in [1.54, 1.807) is 35.2 Å². The first kappa shape index (κ1) is 21.9. The molecule has 0 saturated carbocycles. The second-order valence-electron chi connectivity index (χ2n) is 7.12. The van der Waals surface area contributed by atoms with Gasteiger partial charge in [0.15, 0.2) is 0 Å². The van der Waals surface area contributed by atoms with Gasteiger partial charge in [-0.3, -0.25) is 9.52 Å². The molecule has 0 aliphatic carbocycles. The third-order valence-corrected chi connectivity index (χ3v) is 5.42. The van der Waals surface area contributed by atoms with Crippen LogP contribution in [0.25, 0.3) is 0 Å². The van der Waals surface area contributed by atoms with Crippen molar-refractivity contribution >= 4 is 27.3 Å². The largest absolute Gasteiger partial charge is 0.416 e. The maximum absolute atomic E-state index is 12.9. The van der Waals surface area contributed by atoms with Crippen LogP contribution in [0.4, 0.5) is 24.5 Å². The number of halogens is 3. The van der Waals surface area contributed by atoms with Crippen molar-refractivity contribution < 1.29 is 26.4 Å². The molecule has 0 unspecified atom stereocenters. The highest BCUT2D eigenvalue weighted by molar-refractivity contribution is 7.92. The van der Waals surface area contributed by atoms with Gasteiger partial charge in [0.2, 0.25) is 15.9 Å². The molecule has 3 rings (SSSR count). The average Bonchev–Trinajstić information content (AvgIpc) is 2.68. The highest BCUT2D eigenvalue weighted by Crippen LogP contribution is 2.32. The first-order valence-corrected chi connectivity index (χ1v) is 11.2. The standard InChI is InChI=1S/C20H22F3N3O3S/c1-30(28,29)24-18-8-3-2-5-15(18)13-19(27)26-11-9-25(10-12-26)17-7-4-6-16(14-17)20(21,22)23/h2-8,14,24H,9-13H2,1H3. The van der Waals surface area contributed by atoms with Gasteiger partial charge in [-0.25, -0.2) is 8.42 Å². The van der Waals surface area contributed by atoms with Crippen molar-refractivity contribution in [2.45, 2.75) is 12.6 Å². The van der Waals surface area contributed by atoms with Gasteiger partial charge < -0.3 is 9.80 Å². The summed E-state index contributed by atoms with van der Waals surface area (Å²) in [6.07, 6.45) is -3.33. The number of piperazine rings is 1. The smallest absolute Gasteiger partial charge is 0.368 e. The second-order valence-corrected chi connectivity index (χ2v) is 8.87. The summed E-state index contributed by atoms with van der Waals surface area (Å²) in [6, 6.07) is 11.8. The van der Waals surface area contributed by atoms with Crippen LogP contribution >= 0.6 is 0 Å². The Hall–Kier alpha value is -2.75. The molecule has 2 aromatic carbocycles. The number of alkyl halides is 3. The third kappa shape index (κ3) is 5.65. The van der Waals surface area contributed by atoms with E-state index in [4.69, 9.17) is 0 Å². The zero-order valence-corrected chi connectivity index (χ0v) is 17.1. The van der Waals surface area contributed by atoms with Crippen LogP contribution in [0, 0.1) is 0 Å². The number of rotatable bonds is 5. The van der Waals surface area contributed by atoms with Crippen molar-refractivity contribution in [1.82, 2.24) is 4.90 Å². The molecule has 0 bridgehead atoms. The van der Waals surface area contributed by atoms with Gasteiger partial charge in [0.25, 0.3) is 0 Å². The molecule has 0 atom stereocenters. The van der Waals surface area contributed by atoms with Crippen LogP contribution in [0.2, 0.25) is 0 Å². The number of nitrogens with one attached hydrogen (secondary N) is 1. The molecular formula is C20H22F3N3O3S. The molecular weight excluding hydrogens is 419 g/mol. The first-order chi connectivity index (χ1) is 14.0. The quantitative estimate of drug-likeness (QED) is 0.775. The number of carbonyl (C=O) groups is 1. The summed E-state index contributed by atoms with van der Waals surface area (Å²) in [7, 11) is -3.47. The summed E-state index contributed by atoms with van der Waals surface area (Å²) in [6.45, 7) is 1.57. The van der Waals surface area contributed by atoms with Gasteiger partial charge in [0, 0.05) is 31.9 Å². The van der Waals surface area contributed by atoms with Crippen molar-refractivity contribution in [3.8, 4) is 0 Å². The van der Waals surface area contributed by atoms with Crippen molar-refractivity contribution in [1.29, 1.82) is 0 Å². The summed E-state index contributed by atoms with van der Waals surface area (Å²) in [4.78, 5) is 16.2. The predicted octanol–water partition coefficient (Wildman–Crippen LogP) is 2.97. The minimum absolute atomic E-state index is 0.0300. The van der Waals surface area contributed by atoms with Crippen LogP contribution in [-0.4, -0.2) is 51.7 Å². The van der Waals surface area contributed by atoms with E-state index >= 15 is 0 Å². The fraction of sp³-hybridized carbons (Fsp3) is 0.350. The van der Waals surface area contributed by atoms with E-state index < -0.39 is 21.8 Å². The van der Waals surface area contributed by atoms with Gasteiger partial charge in [0.1, 0.15) is 0 Å². The first-order valence-electron chi connectivity index (χ1n) is 9.28. The fourth-order valence-electron chi connectivity index (χ4n) is 3.34. The topological polar surface area (TPSA) is 69.7 Å². The summed E-state index contributed by atoms with van der Waals surface area (Å²) in [5.41, 5.74) is 0.692. The highest BCUT2D eigenvalue weighted by Gasteiger charge is 2.31. The molecule has 1 aliphatic heterocycles. The summed E-state index contributed by atoms with van der Waals surface area (Å²) in [5.74, 6) is -0.165. The van der Waals surface area contributed by atoms with Crippen LogP contribution in [0.1, 0.15) is 11.1 Å². The molecule has 1 fully saturated rings. The minimum Gasteiger partial charge on any atom is -0.368 e. The lowest BCUT2D eigenvalue weighted by Crippen LogP contribution is -2.49. The van der Waals surface area contributed by atoms with Gasteiger partial charge in [-0.1, -0.05) is 24.3 Å². The Bertz CT molecular complexity index is 1020. The van der Waals surface area contributed by atoms with E-state index in [1.165, 1.54) is 6.07 Å². The molecule has 1 heterocycles. The Morgan fingerprint density at radius 1 is 1.03 bits per heavy atom. The van der Waals surface area contributed by atoms with Crippen molar-refractivity contribution in [2.24, 2.45) is 0 Å². The number of sulfonamides is 1. The number of hydrogen-bond acceptors (Lipinski definition) is 4. The van der Waals surface area contributed by atoms with Crippen LogP contribution in [0.15, 0.2) is 48.5 Å². The molecule has 30 heavy (non-hydrogen) atoms. The predicted molar refractivity (Wildman–Crippen MR) is 109 cm³/mol. The number of hydrogen-bond donors (Lipinski definition) is 1. The maximum atomic E-state index is 12.9. The van der Waals surface area contributed by atoms with Crippen LogP contribution in [0.5, 0.6) is 0 Å². The van der Waals surface area contributed by atoms with Crippen LogP contribution < -0.4 is 9.62 Å². The highest BCUT2D eigenvalue weighted by atomic mass is 32.2. The molecule has 2 aromatic rings. The summed E-state index contributed by atoms with van der Waals surface area (Å²) < 4.78 is 64.2. The molecule has 1 saturated heterocycles. The zero-order valence-electron chi connectivity index (χ0n) is 16.3. The molecule has 1 amide bonds. The van der Waals surface area contributed by atoms with E-state index in [0.717, 1.165) is 18.4 Å². The normalized spacial score (nSPS) is 15.2. The number of nitrogens with zero attached hydrogens (tertiary/aromatic N) is 2. The maximum Gasteiger partial charge on any atom is 0.416 e. The minimum atomic E-state index is -4.40. The Morgan fingerprint density at radius 2 is 1.70 bits per heavy atom. The lowest BCUT2D eigenvalue weighted by atomic mass is 10.1.